The molecular weight excluding hydrogens is 208 g/mol. The molecule has 0 aromatic heterocycles. The fourth-order valence-electron chi connectivity index (χ4n) is 2.23. The zero-order valence-electron chi connectivity index (χ0n) is 10.2. The quantitative estimate of drug-likeness (QED) is 0.323. The number of halogens is 1. The molecule has 1 fully saturated rings. The Kier molecular flexibility index (Phi) is 5.99. The van der Waals surface area contributed by atoms with E-state index in [-0.39, 0.29) is 5.60 Å². The van der Waals surface area contributed by atoms with Gasteiger partial charge in [-0.05, 0) is 12.8 Å². The van der Waals surface area contributed by atoms with Crippen LogP contribution in [0.2, 0.25) is 0 Å². The topological polar surface area (TPSA) is 12.5 Å². The molecule has 1 aliphatic heterocycles. The highest BCUT2D eigenvalue weighted by Gasteiger charge is 2.54. The average molecular weight is 233 g/mol. The third kappa shape index (κ3) is 3.96. The van der Waals surface area contributed by atoms with Crippen LogP contribution in [0.5, 0.6) is 0 Å². The van der Waals surface area contributed by atoms with Gasteiger partial charge in [-0.2, -0.15) is 0 Å². The summed E-state index contributed by atoms with van der Waals surface area (Å²) in [7, 11) is 0. The van der Waals surface area contributed by atoms with E-state index in [2.05, 4.69) is 13.8 Å². The molecular formula is C13H25ClO. The molecule has 15 heavy (non-hydrogen) atoms. The zero-order chi connectivity index (χ0) is 11.1. The molecule has 0 amide bonds. The fraction of sp³-hybridized carbons (Fsp3) is 1.00. The molecule has 2 atom stereocenters. The molecule has 2 heteroatoms. The largest absolute Gasteiger partial charge is 0.365 e. The van der Waals surface area contributed by atoms with Gasteiger partial charge in [0.05, 0.1) is 12.0 Å². The molecule has 1 aliphatic rings. The van der Waals surface area contributed by atoms with Crippen LogP contribution < -0.4 is 0 Å². The Labute approximate surface area is 99.5 Å². The van der Waals surface area contributed by atoms with Gasteiger partial charge >= 0.3 is 0 Å². The molecule has 90 valence electrons. The van der Waals surface area contributed by atoms with Crippen LogP contribution in [0, 0.1) is 0 Å². The van der Waals surface area contributed by atoms with Crippen molar-refractivity contribution in [1.82, 2.24) is 0 Å². The lowest BCUT2D eigenvalue weighted by Crippen LogP contribution is -2.17. The SMILES string of the molecule is CCCCCC1OC1(CCl)CCCCC. The summed E-state index contributed by atoms with van der Waals surface area (Å²) in [5, 5.41) is 0. The first-order valence-electron chi connectivity index (χ1n) is 6.53. The molecule has 0 spiro atoms. The van der Waals surface area contributed by atoms with Gasteiger partial charge in [-0.3, -0.25) is 0 Å². The van der Waals surface area contributed by atoms with Crippen LogP contribution in [0.25, 0.3) is 0 Å². The van der Waals surface area contributed by atoms with Crippen molar-refractivity contribution in [3.8, 4) is 0 Å². The monoisotopic (exact) mass is 232 g/mol. The first kappa shape index (κ1) is 13.3. The fourth-order valence-corrected chi connectivity index (χ4v) is 2.60. The van der Waals surface area contributed by atoms with E-state index >= 15 is 0 Å². The molecule has 0 N–H and O–H groups in total. The lowest BCUT2D eigenvalue weighted by molar-refractivity contribution is 0.290. The van der Waals surface area contributed by atoms with Crippen molar-refractivity contribution in [1.29, 1.82) is 0 Å². The predicted octanol–water partition coefficient (Wildman–Crippen LogP) is 4.52. The van der Waals surface area contributed by atoms with Crippen molar-refractivity contribution in [2.24, 2.45) is 0 Å². The highest BCUT2D eigenvalue weighted by Crippen LogP contribution is 2.44. The van der Waals surface area contributed by atoms with Crippen LogP contribution in [-0.2, 0) is 4.74 Å². The molecule has 1 rings (SSSR count). The van der Waals surface area contributed by atoms with Gasteiger partial charge in [0.15, 0.2) is 0 Å². The number of unbranched alkanes of at least 4 members (excludes halogenated alkanes) is 4. The van der Waals surface area contributed by atoms with Gasteiger partial charge in [-0.1, -0.05) is 52.4 Å². The summed E-state index contributed by atoms with van der Waals surface area (Å²) in [5.41, 5.74) is 0.0739. The maximum Gasteiger partial charge on any atom is 0.108 e. The van der Waals surface area contributed by atoms with Crippen LogP contribution in [0.15, 0.2) is 0 Å². The summed E-state index contributed by atoms with van der Waals surface area (Å²) in [5.74, 6) is 0.688. The van der Waals surface area contributed by atoms with E-state index in [4.69, 9.17) is 16.3 Å². The van der Waals surface area contributed by atoms with Crippen LogP contribution in [0.4, 0.5) is 0 Å². The van der Waals surface area contributed by atoms with Crippen LogP contribution in [0.1, 0.15) is 65.2 Å². The molecule has 1 heterocycles. The van der Waals surface area contributed by atoms with Crippen molar-refractivity contribution in [2.75, 3.05) is 5.88 Å². The molecule has 0 bridgehead atoms. The molecule has 0 aliphatic carbocycles. The molecule has 1 nitrogen and oxygen atoms in total. The van der Waals surface area contributed by atoms with E-state index in [9.17, 15) is 0 Å². The van der Waals surface area contributed by atoms with Crippen molar-refractivity contribution in [3.05, 3.63) is 0 Å². The van der Waals surface area contributed by atoms with Crippen molar-refractivity contribution >= 4 is 11.6 Å². The van der Waals surface area contributed by atoms with Gasteiger partial charge in [-0.25, -0.2) is 0 Å². The Morgan fingerprint density at radius 1 is 1.07 bits per heavy atom. The van der Waals surface area contributed by atoms with Gasteiger partial charge in [0.1, 0.15) is 5.60 Å². The Morgan fingerprint density at radius 2 is 1.73 bits per heavy atom. The first-order valence-corrected chi connectivity index (χ1v) is 7.06. The second-order valence-corrected chi connectivity index (χ2v) is 5.03. The summed E-state index contributed by atoms with van der Waals surface area (Å²) >= 11 is 6.02. The Morgan fingerprint density at radius 3 is 2.33 bits per heavy atom. The minimum Gasteiger partial charge on any atom is -0.365 e. The number of hydrogen-bond donors (Lipinski definition) is 0. The third-order valence-corrected chi connectivity index (χ3v) is 3.86. The summed E-state index contributed by atoms with van der Waals surface area (Å²) in [6.45, 7) is 4.48. The maximum absolute atomic E-state index is 6.02. The first-order chi connectivity index (χ1) is 7.29. The summed E-state index contributed by atoms with van der Waals surface area (Å²) < 4.78 is 5.81. The van der Waals surface area contributed by atoms with Crippen molar-refractivity contribution in [3.63, 3.8) is 0 Å². The Bertz CT molecular complexity index is 172. The van der Waals surface area contributed by atoms with Gasteiger partial charge in [-0.15, -0.1) is 11.6 Å². The minimum atomic E-state index is 0.0739. The highest BCUT2D eigenvalue weighted by molar-refractivity contribution is 6.18. The lowest BCUT2D eigenvalue weighted by Gasteiger charge is -2.08. The summed E-state index contributed by atoms with van der Waals surface area (Å²) in [4.78, 5) is 0. The van der Waals surface area contributed by atoms with Crippen molar-refractivity contribution in [2.45, 2.75) is 76.9 Å². The molecule has 0 aromatic rings. The van der Waals surface area contributed by atoms with Crippen molar-refractivity contribution < 1.29 is 4.74 Å². The smallest absolute Gasteiger partial charge is 0.108 e. The van der Waals surface area contributed by atoms with E-state index < -0.39 is 0 Å². The third-order valence-electron chi connectivity index (χ3n) is 3.41. The second-order valence-electron chi connectivity index (χ2n) is 4.76. The number of alkyl halides is 1. The second kappa shape index (κ2) is 6.75. The summed E-state index contributed by atoms with van der Waals surface area (Å²) in [6.07, 6.45) is 10.6. The highest BCUT2D eigenvalue weighted by atomic mass is 35.5. The van der Waals surface area contributed by atoms with Crippen LogP contribution >= 0.6 is 11.6 Å². The minimum absolute atomic E-state index is 0.0739. The molecule has 0 saturated carbocycles. The van der Waals surface area contributed by atoms with Gasteiger partial charge in [0.25, 0.3) is 0 Å². The molecule has 0 radical (unpaired) electrons. The Balaban J connectivity index is 2.15. The summed E-state index contributed by atoms with van der Waals surface area (Å²) in [6, 6.07) is 0. The van der Waals surface area contributed by atoms with E-state index in [1.165, 1.54) is 51.4 Å². The van der Waals surface area contributed by atoms with Gasteiger partial charge in [0, 0.05) is 0 Å². The number of rotatable bonds is 9. The average Bonchev–Trinajstić information content (AvgIpc) is 2.94. The van der Waals surface area contributed by atoms with E-state index in [1.807, 2.05) is 0 Å². The molecule has 1 saturated heterocycles. The number of epoxide rings is 1. The number of hydrogen-bond acceptors (Lipinski definition) is 1. The van der Waals surface area contributed by atoms with Crippen LogP contribution in [-0.4, -0.2) is 17.6 Å². The Hall–Kier alpha value is 0.250. The van der Waals surface area contributed by atoms with Crippen LogP contribution in [0.3, 0.4) is 0 Å². The van der Waals surface area contributed by atoms with Gasteiger partial charge < -0.3 is 4.74 Å². The lowest BCUT2D eigenvalue weighted by atomic mass is 9.96. The standard InChI is InChI=1S/C13H25ClO/c1-3-5-7-9-12-13(11-14,15-12)10-8-6-4-2/h12H,3-11H2,1-2H3. The number of ether oxygens (including phenoxy) is 1. The van der Waals surface area contributed by atoms with E-state index in [1.54, 1.807) is 0 Å². The van der Waals surface area contributed by atoms with Gasteiger partial charge in [0.2, 0.25) is 0 Å². The van der Waals surface area contributed by atoms with E-state index in [0.717, 1.165) is 0 Å². The van der Waals surface area contributed by atoms with E-state index in [0.29, 0.717) is 12.0 Å². The molecule has 0 aromatic carbocycles. The normalized spacial score (nSPS) is 29.4. The predicted molar refractivity (Wildman–Crippen MR) is 66.6 cm³/mol. The maximum atomic E-state index is 6.02. The molecule has 2 unspecified atom stereocenters. The zero-order valence-corrected chi connectivity index (χ0v) is 11.0.